The summed E-state index contributed by atoms with van der Waals surface area (Å²) < 4.78 is 5.32. The van der Waals surface area contributed by atoms with Crippen LogP contribution in [0.3, 0.4) is 0 Å². The Morgan fingerprint density at radius 2 is 1.94 bits per heavy atom. The van der Waals surface area contributed by atoms with E-state index in [1.165, 1.54) is 0 Å². The van der Waals surface area contributed by atoms with Crippen LogP contribution in [0, 0.1) is 0 Å². The van der Waals surface area contributed by atoms with Crippen molar-refractivity contribution < 1.29 is 14.6 Å². The van der Waals surface area contributed by atoms with Crippen molar-refractivity contribution >= 4 is 5.97 Å². The van der Waals surface area contributed by atoms with Gasteiger partial charge in [0.1, 0.15) is 5.75 Å². The van der Waals surface area contributed by atoms with E-state index in [9.17, 15) is 9.90 Å². The van der Waals surface area contributed by atoms with Crippen LogP contribution in [0.2, 0.25) is 0 Å². The van der Waals surface area contributed by atoms with Gasteiger partial charge in [-0.25, -0.2) is 0 Å². The van der Waals surface area contributed by atoms with Gasteiger partial charge in [0.05, 0.1) is 12.5 Å². The maximum atomic E-state index is 11.2. The first-order valence-electron chi connectivity index (χ1n) is 5.65. The fourth-order valence-electron chi connectivity index (χ4n) is 1.65. The van der Waals surface area contributed by atoms with Crippen molar-refractivity contribution in [3.8, 4) is 5.75 Å². The number of benzene rings is 1. The van der Waals surface area contributed by atoms with E-state index in [2.05, 4.69) is 0 Å². The highest BCUT2D eigenvalue weighted by Crippen LogP contribution is 2.20. The summed E-state index contributed by atoms with van der Waals surface area (Å²) in [4.78, 5) is 13.1. The van der Waals surface area contributed by atoms with Gasteiger partial charge in [-0.15, -0.1) is 0 Å². The van der Waals surface area contributed by atoms with E-state index in [0.717, 1.165) is 11.3 Å². The van der Waals surface area contributed by atoms with Gasteiger partial charge in [-0.3, -0.25) is 4.79 Å². The minimum Gasteiger partial charge on any atom is -0.494 e. The zero-order valence-electron chi connectivity index (χ0n) is 10.5. The Kier molecular flexibility index (Phi) is 4.97. The average molecular weight is 237 g/mol. The fraction of sp³-hybridized carbons (Fsp3) is 0.462. The minimum atomic E-state index is -0.803. The van der Waals surface area contributed by atoms with Gasteiger partial charge in [0, 0.05) is 6.54 Å². The molecule has 0 amide bonds. The van der Waals surface area contributed by atoms with Crippen LogP contribution >= 0.6 is 0 Å². The Morgan fingerprint density at radius 1 is 1.35 bits per heavy atom. The molecule has 1 aromatic rings. The molecule has 0 fully saturated rings. The van der Waals surface area contributed by atoms with Crippen molar-refractivity contribution in [2.75, 3.05) is 27.2 Å². The molecule has 1 unspecified atom stereocenters. The number of carboxylic acids is 1. The largest absolute Gasteiger partial charge is 0.494 e. The summed E-state index contributed by atoms with van der Waals surface area (Å²) in [5.74, 6) is -0.534. The van der Waals surface area contributed by atoms with E-state index < -0.39 is 11.9 Å². The quantitative estimate of drug-likeness (QED) is 0.820. The van der Waals surface area contributed by atoms with E-state index >= 15 is 0 Å². The molecule has 1 aromatic carbocycles. The molecule has 0 aliphatic rings. The number of likely N-dealkylation sites (N-methyl/N-ethyl adjacent to an activating group) is 1. The SMILES string of the molecule is CCOc1ccc(C(CN(C)C)C(=O)O)cc1. The van der Waals surface area contributed by atoms with E-state index in [1.54, 1.807) is 0 Å². The summed E-state index contributed by atoms with van der Waals surface area (Å²) in [6.45, 7) is 3.02. The highest BCUT2D eigenvalue weighted by molar-refractivity contribution is 5.76. The fourth-order valence-corrected chi connectivity index (χ4v) is 1.65. The van der Waals surface area contributed by atoms with Crippen LogP contribution in [-0.2, 0) is 4.79 Å². The molecule has 0 saturated carbocycles. The molecule has 0 spiro atoms. The van der Waals surface area contributed by atoms with Crippen molar-refractivity contribution in [1.82, 2.24) is 4.90 Å². The second-order valence-corrected chi connectivity index (χ2v) is 4.16. The van der Waals surface area contributed by atoms with Crippen LogP contribution in [-0.4, -0.2) is 43.2 Å². The Labute approximate surface area is 102 Å². The number of ether oxygens (including phenoxy) is 1. The van der Waals surface area contributed by atoms with Crippen molar-refractivity contribution in [2.24, 2.45) is 0 Å². The predicted molar refractivity (Wildman–Crippen MR) is 66.5 cm³/mol. The lowest BCUT2D eigenvalue weighted by Gasteiger charge is -2.17. The lowest BCUT2D eigenvalue weighted by molar-refractivity contribution is -0.139. The third kappa shape index (κ3) is 4.07. The molecule has 0 aliphatic carbocycles. The molecule has 94 valence electrons. The van der Waals surface area contributed by atoms with E-state index in [1.807, 2.05) is 50.2 Å². The number of carbonyl (C=O) groups is 1. The molecule has 0 saturated heterocycles. The zero-order valence-corrected chi connectivity index (χ0v) is 10.5. The number of aliphatic carboxylic acids is 1. The molecule has 4 nitrogen and oxygen atoms in total. The van der Waals surface area contributed by atoms with E-state index in [-0.39, 0.29) is 0 Å². The maximum Gasteiger partial charge on any atom is 0.312 e. The van der Waals surface area contributed by atoms with Gasteiger partial charge >= 0.3 is 5.97 Å². The average Bonchev–Trinajstić information content (AvgIpc) is 2.27. The number of rotatable bonds is 6. The number of hydrogen-bond donors (Lipinski definition) is 1. The molecule has 17 heavy (non-hydrogen) atoms. The Hall–Kier alpha value is -1.55. The van der Waals surface area contributed by atoms with Crippen LogP contribution in [0.25, 0.3) is 0 Å². The smallest absolute Gasteiger partial charge is 0.312 e. The van der Waals surface area contributed by atoms with Crippen LogP contribution in [0.5, 0.6) is 5.75 Å². The normalized spacial score (nSPS) is 12.5. The van der Waals surface area contributed by atoms with Crippen LogP contribution < -0.4 is 4.74 Å². The van der Waals surface area contributed by atoms with Crippen molar-refractivity contribution in [3.63, 3.8) is 0 Å². The Morgan fingerprint density at radius 3 is 2.35 bits per heavy atom. The van der Waals surface area contributed by atoms with Crippen molar-refractivity contribution in [2.45, 2.75) is 12.8 Å². The lowest BCUT2D eigenvalue weighted by Crippen LogP contribution is -2.25. The maximum absolute atomic E-state index is 11.2. The van der Waals surface area contributed by atoms with Gasteiger partial charge in [-0.05, 0) is 38.7 Å². The molecule has 4 heteroatoms. The topological polar surface area (TPSA) is 49.8 Å². The van der Waals surface area contributed by atoms with Gasteiger partial charge in [-0.1, -0.05) is 12.1 Å². The summed E-state index contributed by atoms with van der Waals surface area (Å²) >= 11 is 0. The lowest BCUT2D eigenvalue weighted by atomic mass is 9.99. The highest BCUT2D eigenvalue weighted by Gasteiger charge is 2.20. The molecule has 0 aliphatic heterocycles. The summed E-state index contributed by atoms with van der Waals surface area (Å²) in [5, 5.41) is 9.19. The molecule has 0 aromatic heterocycles. The third-order valence-corrected chi connectivity index (χ3v) is 2.44. The molecular formula is C13H19NO3. The Bertz CT molecular complexity index is 359. The molecule has 1 rings (SSSR count). The number of nitrogens with zero attached hydrogens (tertiary/aromatic N) is 1. The van der Waals surface area contributed by atoms with Gasteiger partial charge in [0.2, 0.25) is 0 Å². The van der Waals surface area contributed by atoms with Gasteiger partial charge in [0.25, 0.3) is 0 Å². The van der Waals surface area contributed by atoms with Crippen molar-refractivity contribution in [3.05, 3.63) is 29.8 Å². The molecule has 1 atom stereocenters. The first-order chi connectivity index (χ1) is 8.04. The molecule has 0 radical (unpaired) electrons. The summed E-state index contributed by atoms with van der Waals surface area (Å²) in [6, 6.07) is 7.25. The van der Waals surface area contributed by atoms with E-state index in [0.29, 0.717) is 13.2 Å². The molecular weight excluding hydrogens is 218 g/mol. The van der Waals surface area contributed by atoms with Crippen LogP contribution in [0.1, 0.15) is 18.4 Å². The molecule has 0 heterocycles. The first kappa shape index (κ1) is 13.5. The first-order valence-corrected chi connectivity index (χ1v) is 5.65. The van der Waals surface area contributed by atoms with Gasteiger partial charge < -0.3 is 14.7 Å². The van der Waals surface area contributed by atoms with Gasteiger partial charge in [-0.2, -0.15) is 0 Å². The molecule has 1 N–H and O–H groups in total. The minimum absolute atomic E-state index is 0.489. The standard InChI is InChI=1S/C13H19NO3/c1-4-17-11-7-5-10(6-8-11)12(13(15)16)9-14(2)3/h5-8,12H,4,9H2,1-3H3,(H,15,16). The number of carboxylic acid groups (broad SMARTS) is 1. The van der Waals surface area contributed by atoms with Gasteiger partial charge in [0.15, 0.2) is 0 Å². The second-order valence-electron chi connectivity index (χ2n) is 4.16. The van der Waals surface area contributed by atoms with Crippen LogP contribution in [0.15, 0.2) is 24.3 Å². The summed E-state index contributed by atoms with van der Waals surface area (Å²) in [5.41, 5.74) is 0.801. The summed E-state index contributed by atoms with van der Waals surface area (Å²) in [7, 11) is 3.73. The predicted octanol–water partition coefficient (Wildman–Crippen LogP) is 1.82. The number of hydrogen-bond acceptors (Lipinski definition) is 3. The zero-order chi connectivity index (χ0) is 12.8. The molecule has 0 bridgehead atoms. The van der Waals surface area contributed by atoms with E-state index in [4.69, 9.17) is 4.74 Å². The Balaban J connectivity index is 2.83. The second kappa shape index (κ2) is 6.25. The van der Waals surface area contributed by atoms with Crippen LogP contribution in [0.4, 0.5) is 0 Å². The van der Waals surface area contributed by atoms with Crippen molar-refractivity contribution in [1.29, 1.82) is 0 Å². The monoisotopic (exact) mass is 237 g/mol. The third-order valence-electron chi connectivity index (χ3n) is 2.44. The highest BCUT2D eigenvalue weighted by atomic mass is 16.5. The summed E-state index contributed by atoms with van der Waals surface area (Å²) in [6.07, 6.45) is 0.